The van der Waals surface area contributed by atoms with E-state index >= 15 is 0 Å². The molecule has 1 aliphatic rings. The van der Waals surface area contributed by atoms with Crippen LogP contribution in [0.3, 0.4) is 0 Å². The second-order valence-electron chi connectivity index (χ2n) is 9.59. The Morgan fingerprint density at radius 3 is 1.77 bits per heavy atom. The molecule has 0 aliphatic carbocycles. The second kappa shape index (κ2) is 13.1. The molecular weight excluding hydrogens is 556 g/mol. The number of esters is 3. The van der Waals surface area contributed by atoms with Crippen LogP contribution < -0.4 is 10.4 Å². The van der Waals surface area contributed by atoms with Crippen molar-refractivity contribution >= 4 is 17.9 Å². The molecule has 1 saturated heterocycles. The summed E-state index contributed by atoms with van der Waals surface area (Å²) in [5.41, 5.74) is 0.361. The van der Waals surface area contributed by atoms with Gasteiger partial charge in [0.1, 0.15) is 12.7 Å². The molecule has 0 bridgehead atoms. The molecule has 0 saturated carbocycles. The highest BCUT2D eigenvalue weighted by Crippen LogP contribution is 2.35. The SMILES string of the molecule is COc1cn([C@@H]2O[C@H](COC(=O)c3ccccc3)C(OC(=O)c3ccccc3)[C@@H]2OC(=O)c2ccccc2)c(=O)nc1C. The fourth-order valence-electron chi connectivity index (χ4n) is 4.60. The number of methoxy groups -OCH3 is 1. The topological polar surface area (TPSA) is 132 Å². The third-order valence-electron chi connectivity index (χ3n) is 6.77. The van der Waals surface area contributed by atoms with Crippen molar-refractivity contribution in [3.8, 4) is 5.75 Å². The second-order valence-corrected chi connectivity index (χ2v) is 9.59. The summed E-state index contributed by atoms with van der Waals surface area (Å²) in [5, 5.41) is 0. The minimum atomic E-state index is -1.35. The molecule has 2 heterocycles. The van der Waals surface area contributed by atoms with Crippen LogP contribution in [0.4, 0.5) is 0 Å². The van der Waals surface area contributed by atoms with Crippen LogP contribution in [0.25, 0.3) is 0 Å². The molecule has 4 aromatic rings. The Balaban J connectivity index is 1.53. The molecule has 0 amide bonds. The predicted octanol–water partition coefficient (Wildman–Crippen LogP) is 3.77. The van der Waals surface area contributed by atoms with Crippen LogP contribution in [-0.2, 0) is 18.9 Å². The molecule has 3 aromatic carbocycles. The molecule has 1 unspecified atom stereocenters. The summed E-state index contributed by atoms with van der Waals surface area (Å²) in [5.74, 6) is -1.86. The van der Waals surface area contributed by atoms with Crippen molar-refractivity contribution in [1.29, 1.82) is 0 Å². The van der Waals surface area contributed by atoms with E-state index in [9.17, 15) is 19.2 Å². The van der Waals surface area contributed by atoms with Gasteiger partial charge in [0.05, 0.1) is 35.7 Å². The Kier molecular flexibility index (Phi) is 8.92. The number of aryl methyl sites for hydroxylation is 1. The van der Waals surface area contributed by atoms with Gasteiger partial charge < -0.3 is 23.7 Å². The van der Waals surface area contributed by atoms with Gasteiger partial charge in [0, 0.05) is 0 Å². The summed E-state index contributed by atoms with van der Waals surface area (Å²) < 4.78 is 29.9. The molecule has 220 valence electrons. The first-order chi connectivity index (χ1) is 20.9. The van der Waals surface area contributed by atoms with Crippen molar-refractivity contribution in [2.45, 2.75) is 31.5 Å². The first-order valence-corrected chi connectivity index (χ1v) is 13.4. The molecule has 0 spiro atoms. The number of benzene rings is 3. The highest BCUT2D eigenvalue weighted by molar-refractivity contribution is 5.91. The summed E-state index contributed by atoms with van der Waals surface area (Å²) in [6.45, 7) is 1.21. The number of hydrogen-bond donors (Lipinski definition) is 0. The van der Waals surface area contributed by atoms with Gasteiger partial charge >= 0.3 is 23.6 Å². The van der Waals surface area contributed by atoms with E-state index in [1.165, 1.54) is 13.3 Å². The van der Waals surface area contributed by atoms with Crippen LogP contribution in [0.15, 0.2) is 102 Å². The van der Waals surface area contributed by atoms with Crippen LogP contribution in [0, 0.1) is 6.92 Å². The molecule has 11 nitrogen and oxygen atoms in total. The quantitative estimate of drug-likeness (QED) is 0.212. The van der Waals surface area contributed by atoms with Gasteiger partial charge in [-0.2, -0.15) is 4.98 Å². The lowest BCUT2D eigenvalue weighted by Crippen LogP contribution is -2.42. The number of aromatic nitrogens is 2. The van der Waals surface area contributed by atoms with Crippen LogP contribution in [0.2, 0.25) is 0 Å². The fourth-order valence-corrected chi connectivity index (χ4v) is 4.60. The van der Waals surface area contributed by atoms with Gasteiger partial charge in [-0.1, -0.05) is 54.6 Å². The van der Waals surface area contributed by atoms with Crippen molar-refractivity contribution in [2.75, 3.05) is 13.7 Å². The predicted molar refractivity (Wildman–Crippen MR) is 152 cm³/mol. The first-order valence-electron chi connectivity index (χ1n) is 13.4. The van der Waals surface area contributed by atoms with Crippen molar-refractivity contribution < 1.29 is 38.1 Å². The summed E-state index contributed by atoms with van der Waals surface area (Å²) in [6.07, 6.45) is -3.75. The van der Waals surface area contributed by atoms with E-state index in [2.05, 4.69) is 4.98 Å². The monoisotopic (exact) mass is 584 g/mol. The molecule has 0 radical (unpaired) electrons. The molecule has 11 heteroatoms. The average molecular weight is 585 g/mol. The van der Waals surface area contributed by atoms with Gasteiger partial charge in [-0.05, 0) is 43.3 Å². The van der Waals surface area contributed by atoms with Crippen molar-refractivity contribution in [3.05, 3.63) is 130 Å². The van der Waals surface area contributed by atoms with Gasteiger partial charge in [-0.25, -0.2) is 19.2 Å². The zero-order chi connectivity index (χ0) is 30.3. The van der Waals surface area contributed by atoms with Crippen molar-refractivity contribution in [1.82, 2.24) is 9.55 Å². The molecule has 5 rings (SSSR count). The number of ether oxygens (including phenoxy) is 5. The van der Waals surface area contributed by atoms with Gasteiger partial charge in [-0.15, -0.1) is 0 Å². The zero-order valence-electron chi connectivity index (χ0n) is 23.3. The van der Waals surface area contributed by atoms with E-state index in [0.29, 0.717) is 11.3 Å². The number of carbonyl (C=O) groups is 3. The number of carbonyl (C=O) groups excluding carboxylic acids is 3. The molecule has 43 heavy (non-hydrogen) atoms. The Bertz CT molecular complexity index is 1640. The first kappa shape index (κ1) is 29.2. The highest BCUT2D eigenvalue weighted by Gasteiger charge is 2.52. The molecule has 4 atom stereocenters. The van der Waals surface area contributed by atoms with Crippen LogP contribution in [0.5, 0.6) is 5.75 Å². The number of rotatable bonds is 9. The molecule has 0 N–H and O–H groups in total. The largest absolute Gasteiger partial charge is 0.493 e. The Hall–Kier alpha value is -5.29. The third kappa shape index (κ3) is 6.62. The van der Waals surface area contributed by atoms with E-state index in [1.807, 2.05) is 0 Å². The van der Waals surface area contributed by atoms with Gasteiger partial charge in [0.2, 0.25) is 0 Å². The van der Waals surface area contributed by atoms with Crippen LogP contribution in [-0.4, -0.2) is 59.5 Å². The van der Waals surface area contributed by atoms with Crippen molar-refractivity contribution in [2.24, 2.45) is 0 Å². The fraction of sp³-hybridized carbons (Fsp3) is 0.219. The molecule has 1 fully saturated rings. The van der Waals surface area contributed by atoms with Gasteiger partial charge in [-0.3, -0.25) is 4.57 Å². The highest BCUT2D eigenvalue weighted by atomic mass is 16.7. The van der Waals surface area contributed by atoms with E-state index < -0.39 is 48.1 Å². The van der Waals surface area contributed by atoms with Crippen LogP contribution in [0.1, 0.15) is 43.0 Å². The molecule has 1 aliphatic heterocycles. The lowest BCUT2D eigenvalue weighted by molar-refractivity contribution is -0.0641. The van der Waals surface area contributed by atoms with Crippen molar-refractivity contribution in [3.63, 3.8) is 0 Å². The van der Waals surface area contributed by atoms with Gasteiger partial charge in [0.25, 0.3) is 0 Å². The molecule has 1 aromatic heterocycles. The normalized spacial score (nSPS) is 19.3. The Morgan fingerprint density at radius 1 is 0.767 bits per heavy atom. The van der Waals surface area contributed by atoms with Gasteiger partial charge in [0.15, 0.2) is 24.2 Å². The number of nitrogens with zero attached hydrogens (tertiary/aromatic N) is 2. The van der Waals surface area contributed by atoms with E-state index in [1.54, 1.807) is 97.9 Å². The summed E-state index contributed by atoms with van der Waals surface area (Å²) in [4.78, 5) is 56.4. The van der Waals surface area contributed by atoms with E-state index in [0.717, 1.165) is 4.57 Å². The lowest BCUT2D eigenvalue weighted by atomic mass is 10.1. The third-order valence-corrected chi connectivity index (χ3v) is 6.77. The minimum Gasteiger partial charge on any atom is -0.493 e. The Morgan fingerprint density at radius 2 is 1.26 bits per heavy atom. The standard InChI is InChI=1S/C32H28N2O9/c1-20-24(39-2)18-34(32(38)33-20)28-27(43-31(37)23-16-10-5-11-17-23)26(42-30(36)22-14-8-4-9-15-22)25(41-28)19-40-29(35)21-12-6-3-7-13-21/h3-18,25-28H,19H2,1-2H3/t25-,26?,27+,28-/m1/s1. The number of hydrogen-bond acceptors (Lipinski definition) is 10. The maximum absolute atomic E-state index is 13.3. The summed E-state index contributed by atoms with van der Waals surface area (Å²) in [6, 6.07) is 24.7. The lowest BCUT2D eigenvalue weighted by Gasteiger charge is -2.25. The summed E-state index contributed by atoms with van der Waals surface area (Å²) >= 11 is 0. The minimum absolute atomic E-state index is 0.222. The maximum Gasteiger partial charge on any atom is 0.350 e. The van der Waals surface area contributed by atoms with E-state index in [4.69, 9.17) is 23.7 Å². The Labute approximate surface area is 246 Å². The van der Waals surface area contributed by atoms with Crippen LogP contribution >= 0.6 is 0 Å². The van der Waals surface area contributed by atoms with E-state index in [-0.39, 0.29) is 23.5 Å². The smallest absolute Gasteiger partial charge is 0.350 e. The zero-order valence-corrected chi connectivity index (χ0v) is 23.3. The molecular formula is C32H28N2O9. The average Bonchev–Trinajstić information content (AvgIpc) is 3.36. The summed E-state index contributed by atoms with van der Waals surface area (Å²) in [7, 11) is 1.41. The maximum atomic E-state index is 13.3.